The Hall–Kier alpha value is -1.19. The fraction of sp³-hybridized carbons (Fsp3) is 0.625. The van der Waals surface area contributed by atoms with E-state index in [0.29, 0.717) is 6.61 Å². The standard InChI is InChI=1S/C16H23N3O4S/c1-9(22-8-10-5-4-6-17-7-10)14-13(21)12(20)11-15(23-14)24-16(18-11)19(2)3/h4-7,9,11-15,20-21H,8H2,1-3H3/t9-,11+,12+,13-,14+,15+/m0/s1. The largest absolute Gasteiger partial charge is 0.388 e. The molecule has 0 saturated carbocycles. The lowest BCUT2D eigenvalue weighted by Gasteiger charge is -2.40. The molecule has 3 heterocycles. The minimum Gasteiger partial charge on any atom is -0.388 e. The summed E-state index contributed by atoms with van der Waals surface area (Å²) in [6, 6.07) is 3.32. The topological polar surface area (TPSA) is 87.4 Å². The zero-order valence-electron chi connectivity index (χ0n) is 13.9. The average molecular weight is 353 g/mol. The molecule has 3 rings (SSSR count). The van der Waals surface area contributed by atoms with Gasteiger partial charge in [0, 0.05) is 26.5 Å². The molecule has 0 amide bonds. The van der Waals surface area contributed by atoms with Crippen LogP contribution in [-0.2, 0) is 16.1 Å². The average Bonchev–Trinajstić information content (AvgIpc) is 3.01. The third-order valence-corrected chi connectivity index (χ3v) is 5.47. The zero-order valence-corrected chi connectivity index (χ0v) is 14.8. The maximum absolute atomic E-state index is 10.4. The van der Waals surface area contributed by atoms with Gasteiger partial charge in [-0.3, -0.25) is 9.98 Å². The van der Waals surface area contributed by atoms with E-state index in [4.69, 9.17) is 9.47 Å². The normalized spacial score (nSPS) is 33.7. The van der Waals surface area contributed by atoms with Gasteiger partial charge < -0.3 is 24.6 Å². The van der Waals surface area contributed by atoms with Crippen LogP contribution in [0.15, 0.2) is 29.5 Å². The summed E-state index contributed by atoms with van der Waals surface area (Å²) in [4.78, 5) is 10.4. The van der Waals surface area contributed by atoms with Gasteiger partial charge in [0.2, 0.25) is 0 Å². The molecule has 24 heavy (non-hydrogen) atoms. The van der Waals surface area contributed by atoms with Crippen LogP contribution in [0.3, 0.4) is 0 Å². The van der Waals surface area contributed by atoms with E-state index in [0.717, 1.165) is 10.7 Å². The smallest absolute Gasteiger partial charge is 0.161 e. The van der Waals surface area contributed by atoms with Crippen molar-refractivity contribution in [1.29, 1.82) is 0 Å². The van der Waals surface area contributed by atoms with Gasteiger partial charge in [0.05, 0.1) is 12.7 Å². The van der Waals surface area contributed by atoms with Gasteiger partial charge in [0.25, 0.3) is 0 Å². The highest BCUT2D eigenvalue weighted by atomic mass is 32.2. The number of hydrogen-bond acceptors (Lipinski definition) is 8. The van der Waals surface area contributed by atoms with Crippen LogP contribution in [0.2, 0.25) is 0 Å². The number of pyridine rings is 1. The van der Waals surface area contributed by atoms with Crippen molar-refractivity contribution in [3.8, 4) is 0 Å². The minimum absolute atomic E-state index is 0.310. The summed E-state index contributed by atoms with van der Waals surface area (Å²) in [5.41, 5.74) is 0.636. The summed E-state index contributed by atoms with van der Waals surface area (Å²) in [5, 5.41) is 21.6. The van der Waals surface area contributed by atoms with Crippen LogP contribution in [0.1, 0.15) is 12.5 Å². The highest BCUT2D eigenvalue weighted by Gasteiger charge is 2.50. The Morgan fingerprint density at radius 2 is 2.17 bits per heavy atom. The molecule has 132 valence electrons. The fourth-order valence-corrected chi connectivity index (χ4v) is 3.93. The van der Waals surface area contributed by atoms with Crippen molar-refractivity contribution in [1.82, 2.24) is 9.88 Å². The van der Waals surface area contributed by atoms with Crippen molar-refractivity contribution < 1.29 is 19.7 Å². The summed E-state index contributed by atoms with van der Waals surface area (Å²) >= 11 is 1.46. The molecule has 2 aliphatic rings. The van der Waals surface area contributed by atoms with Gasteiger partial charge >= 0.3 is 0 Å². The van der Waals surface area contributed by atoms with Crippen molar-refractivity contribution in [3.63, 3.8) is 0 Å². The first-order valence-corrected chi connectivity index (χ1v) is 8.79. The van der Waals surface area contributed by atoms with E-state index in [2.05, 4.69) is 9.98 Å². The van der Waals surface area contributed by atoms with Crippen molar-refractivity contribution >= 4 is 16.9 Å². The molecule has 0 aromatic carbocycles. The monoisotopic (exact) mass is 353 g/mol. The summed E-state index contributed by atoms with van der Waals surface area (Å²) in [5.74, 6) is 0. The van der Waals surface area contributed by atoms with Crippen LogP contribution in [0, 0.1) is 0 Å². The molecule has 1 saturated heterocycles. The van der Waals surface area contributed by atoms with E-state index in [9.17, 15) is 10.2 Å². The SMILES string of the molecule is C[C@H](OCc1cccnc1)[C@H]1O[C@@H]2SC(N(C)C)=N[C@@H]2[C@@H](O)[C@@H]1O. The van der Waals surface area contributed by atoms with E-state index in [1.54, 1.807) is 12.4 Å². The van der Waals surface area contributed by atoms with Crippen LogP contribution in [0.5, 0.6) is 0 Å². The van der Waals surface area contributed by atoms with Crippen LogP contribution in [0.25, 0.3) is 0 Å². The number of thioether (sulfide) groups is 1. The Bertz CT molecular complexity index is 586. The van der Waals surface area contributed by atoms with Crippen molar-refractivity contribution in [2.45, 2.75) is 49.4 Å². The molecule has 2 aliphatic heterocycles. The molecular weight excluding hydrogens is 330 g/mol. The predicted octanol–water partition coefficient (Wildman–Crippen LogP) is 0.466. The Labute approximate surface area is 145 Å². The highest BCUT2D eigenvalue weighted by Crippen LogP contribution is 2.38. The van der Waals surface area contributed by atoms with Crippen LogP contribution < -0.4 is 0 Å². The minimum atomic E-state index is -1.04. The van der Waals surface area contributed by atoms with Crippen molar-refractivity contribution in [2.75, 3.05) is 14.1 Å². The van der Waals surface area contributed by atoms with Crippen LogP contribution >= 0.6 is 11.8 Å². The highest BCUT2D eigenvalue weighted by molar-refractivity contribution is 8.14. The molecule has 0 radical (unpaired) electrons. The predicted molar refractivity (Wildman–Crippen MR) is 91.7 cm³/mol. The van der Waals surface area contributed by atoms with Gasteiger partial charge in [0.1, 0.15) is 29.8 Å². The first-order valence-electron chi connectivity index (χ1n) is 7.91. The lowest BCUT2D eigenvalue weighted by molar-refractivity contribution is -0.193. The first kappa shape index (κ1) is 17.6. The third-order valence-electron chi connectivity index (χ3n) is 4.17. The van der Waals surface area contributed by atoms with E-state index in [-0.39, 0.29) is 11.5 Å². The Balaban J connectivity index is 1.63. The molecular formula is C16H23N3O4S. The molecule has 7 nitrogen and oxygen atoms in total. The number of aliphatic imine (C=N–C) groups is 1. The van der Waals surface area contributed by atoms with Crippen LogP contribution in [-0.4, -0.2) is 75.3 Å². The molecule has 0 aliphatic carbocycles. The second-order valence-electron chi connectivity index (χ2n) is 6.24. The summed E-state index contributed by atoms with van der Waals surface area (Å²) in [6.45, 7) is 2.21. The number of nitrogens with zero attached hydrogens (tertiary/aromatic N) is 3. The molecule has 6 atom stereocenters. The molecule has 1 aromatic heterocycles. The number of aliphatic hydroxyl groups excluding tert-OH is 2. The van der Waals surface area contributed by atoms with Gasteiger partial charge in [-0.2, -0.15) is 0 Å². The van der Waals surface area contributed by atoms with Gasteiger partial charge in [0.15, 0.2) is 5.17 Å². The number of amidine groups is 1. The molecule has 1 fully saturated rings. The molecule has 0 unspecified atom stereocenters. The number of aromatic nitrogens is 1. The Morgan fingerprint density at radius 1 is 1.38 bits per heavy atom. The molecule has 0 bridgehead atoms. The molecule has 8 heteroatoms. The lowest BCUT2D eigenvalue weighted by Crippen LogP contribution is -2.58. The third kappa shape index (κ3) is 3.57. The van der Waals surface area contributed by atoms with Gasteiger partial charge in [-0.1, -0.05) is 17.8 Å². The quantitative estimate of drug-likeness (QED) is 0.813. The van der Waals surface area contributed by atoms with E-state index >= 15 is 0 Å². The second-order valence-corrected chi connectivity index (χ2v) is 7.31. The van der Waals surface area contributed by atoms with Gasteiger partial charge in [-0.15, -0.1) is 0 Å². The zero-order chi connectivity index (χ0) is 17.3. The Kier molecular flexibility index (Phi) is 5.41. The molecule has 2 N–H and O–H groups in total. The number of rotatable bonds is 4. The maximum atomic E-state index is 10.4. The number of ether oxygens (including phenoxy) is 2. The van der Waals surface area contributed by atoms with Gasteiger partial charge in [-0.05, 0) is 18.6 Å². The number of hydrogen-bond donors (Lipinski definition) is 2. The number of aliphatic hydroxyl groups is 2. The van der Waals surface area contributed by atoms with Crippen LogP contribution in [0.4, 0.5) is 0 Å². The van der Waals surface area contributed by atoms with E-state index in [1.165, 1.54) is 11.8 Å². The summed E-state index contributed by atoms with van der Waals surface area (Å²) in [7, 11) is 3.78. The van der Waals surface area contributed by atoms with Crippen molar-refractivity contribution in [3.05, 3.63) is 30.1 Å². The summed E-state index contributed by atoms with van der Waals surface area (Å²) in [6.07, 6.45) is 0.447. The first-order chi connectivity index (χ1) is 11.5. The number of fused-ring (bicyclic) bond motifs is 1. The second kappa shape index (κ2) is 7.37. The summed E-state index contributed by atoms with van der Waals surface area (Å²) < 4.78 is 11.8. The molecule has 1 aromatic rings. The fourth-order valence-electron chi connectivity index (χ4n) is 2.78. The molecule has 0 spiro atoms. The van der Waals surface area contributed by atoms with Gasteiger partial charge in [-0.25, -0.2) is 0 Å². The van der Waals surface area contributed by atoms with E-state index < -0.39 is 24.4 Å². The van der Waals surface area contributed by atoms with Crippen molar-refractivity contribution in [2.24, 2.45) is 4.99 Å². The lowest BCUT2D eigenvalue weighted by atomic mass is 9.95. The maximum Gasteiger partial charge on any atom is 0.161 e. The van der Waals surface area contributed by atoms with E-state index in [1.807, 2.05) is 38.1 Å². The Morgan fingerprint density at radius 3 is 2.83 bits per heavy atom.